The van der Waals surface area contributed by atoms with Gasteiger partial charge in [0.1, 0.15) is 16.9 Å². The van der Waals surface area contributed by atoms with Gasteiger partial charge in [0.05, 0.1) is 4.90 Å². The zero-order valence-corrected chi connectivity index (χ0v) is 19.7. The third-order valence-electron chi connectivity index (χ3n) is 5.72. The smallest absolute Gasteiger partial charge is 0.284 e. The molecule has 1 saturated heterocycles. The second kappa shape index (κ2) is 10.2. The Balaban J connectivity index is 1.57. The van der Waals surface area contributed by atoms with Crippen LogP contribution in [0.1, 0.15) is 38.5 Å². The third kappa shape index (κ3) is 5.64. The summed E-state index contributed by atoms with van der Waals surface area (Å²) in [6.45, 7) is 0. The lowest BCUT2D eigenvalue weighted by Crippen LogP contribution is -2.42. The monoisotopic (exact) mass is 507 g/mol. The van der Waals surface area contributed by atoms with Gasteiger partial charge in [-0.1, -0.05) is 31.0 Å². The van der Waals surface area contributed by atoms with Gasteiger partial charge in [-0.3, -0.25) is 14.5 Å². The van der Waals surface area contributed by atoms with Crippen LogP contribution in [0.15, 0.2) is 57.8 Å². The topological polar surface area (TPSA) is 95.9 Å². The lowest BCUT2D eigenvalue weighted by molar-refractivity contribution is -0.130. The van der Waals surface area contributed by atoms with Gasteiger partial charge in [-0.25, -0.2) is 8.78 Å². The Labute approximate surface area is 200 Å². The van der Waals surface area contributed by atoms with Crippen molar-refractivity contribution in [2.45, 2.75) is 54.7 Å². The van der Waals surface area contributed by atoms with Crippen LogP contribution in [-0.4, -0.2) is 41.6 Å². The van der Waals surface area contributed by atoms with Crippen molar-refractivity contribution in [3.63, 3.8) is 0 Å². The van der Waals surface area contributed by atoms with Gasteiger partial charge in [-0.05, 0) is 61.4 Å². The van der Waals surface area contributed by atoms with Gasteiger partial charge in [0.2, 0.25) is 11.8 Å². The number of hydrogen-bond donors (Lipinski definition) is 1. The molecule has 1 aliphatic carbocycles. The number of benzene rings is 2. The van der Waals surface area contributed by atoms with E-state index in [1.165, 1.54) is 29.2 Å². The van der Waals surface area contributed by atoms with Gasteiger partial charge in [-0.15, -0.1) is 4.40 Å². The van der Waals surface area contributed by atoms with E-state index in [1.807, 2.05) is 0 Å². The molecule has 2 aliphatic rings. The van der Waals surface area contributed by atoms with Gasteiger partial charge in [-0.2, -0.15) is 8.42 Å². The first-order valence-corrected chi connectivity index (χ1v) is 13.2. The van der Waals surface area contributed by atoms with E-state index in [4.69, 9.17) is 0 Å². The number of sulfonamides is 1. The Morgan fingerprint density at radius 2 is 1.59 bits per heavy atom. The first kappa shape index (κ1) is 24.3. The molecule has 7 nitrogen and oxygen atoms in total. The first-order chi connectivity index (χ1) is 16.2. The minimum absolute atomic E-state index is 0.0285. The first-order valence-electron chi connectivity index (χ1n) is 10.9. The van der Waals surface area contributed by atoms with E-state index in [1.54, 1.807) is 0 Å². The van der Waals surface area contributed by atoms with E-state index in [2.05, 4.69) is 9.71 Å². The molecule has 2 amide bonds. The molecule has 1 heterocycles. The van der Waals surface area contributed by atoms with Gasteiger partial charge in [0, 0.05) is 18.2 Å². The lowest BCUT2D eigenvalue weighted by Gasteiger charge is -2.30. The SMILES string of the molecule is O=C(C[C@@H]1SC(=NS(=O)(=O)c2ccc(F)cc2)N(C2CCCCC2)C1=O)Nc1ccc(F)cc1. The number of anilines is 1. The van der Waals surface area contributed by atoms with E-state index in [0.29, 0.717) is 5.69 Å². The van der Waals surface area contributed by atoms with Crippen molar-refractivity contribution in [1.29, 1.82) is 0 Å². The summed E-state index contributed by atoms with van der Waals surface area (Å²) in [6.07, 6.45) is 4.10. The highest BCUT2D eigenvalue weighted by Crippen LogP contribution is 2.36. The summed E-state index contributed by atoms with van der Waals surface area (Å²) < 4.78 is 56.0. The summed E-state index contributed by atoms with van der Waals surface area (Å²) in [4.78, 5) is 27.0. The predicted octanol–water partition coefficient (Wildman–Crippen LogP) is 4.32. The average Bonchev–Trinajstić information content (AvgIpc) is 3.10. The van der Waals surface area contributed by atoms with Crippen LogP contribution in [0, 0.1) is 11.6 Å². The molecule has 180 valence electrons. The molecule has 4 rings (SSSR count). The minimum Gasteiger partial charge on any atom is -0.326 e. The largest absolute Gasteiger partial charge is 0.326 e. The molecule has 1 atom stereocenters. The maximum atomic E-state index is 13.3. The third-order valence-corrected chi connectivity index (χ3v) is 8.26. The molecule has 0 unspecified atom stereocenters. The molecule has 2 aromatic carbocycles. The standard InChI is InChI=1S/C23H23F2N3O4S2/c24-15-6-10-17(11-7-15)26-21(29)14-20-22(30)28(18-4-2-1-3-5-18)23(33-20)27-34(31,32)19-12-8-16(25)9-13-19/h6-13,18,20H,1-5,14H2,(H,26,29)/t20-/m0/s1. The van der Waals surface area contributed by atoms with Crippen LogP contribution in [0.4, 0.5) is 14.5 Å². The number of hydrogen-bond acceptors (Lipinski definition) is 5. The average molecular weight is 508 g/mol. The number of amidine groups is 1. The molecule has 0 bridgehead atoms. The van der Waals surface area contributed by atoms with E-state index >= 15 is 0 Å². The molecule has 1 aliphatic heterocycles. The maximum Gasteiger partial charge on any atom is 0.284 e. The number of rotatable bonds is 6. The van der Waals surface area contributed by atoms with E-state index in [0.717, 1.165) is 68.1 Å². The van der Waals surface area contributed by atoms with Crippen LogP contribution in [0.2, 0.25) is 0 Å². The minimum atomic E-state index is -4.19. The van der Waals surface area contributed by atoms with E-state index < -0.39 is 32.8 Å². The van der Waals surface area contributed by atoms with Crippen molar-refractivity contribution >= 4 is 44.5 Å². The summed E-state index contributed by atoms with van der Waals surface area (Å²) >= 11 is 0.939. The van der Waals surface area contributed by atoms with Gasteiger partial charge >= 0.3 is 0 Å². The lowest BCUT2D eigenvalue weighted by atomic mass is 9.94. The number of nitrogens with zero attached hydrogens (tertiary/aromatic N) is 2. The molecule has 2 aromatic rings. The van der Waals surface area contributed by atoms with Crippen LogP contribution in [-0.2, 0) is 19.6 Å². The summed E-state index contributed by atoms with van der Waals surface area (Å²) in [5.41, 5.74) is 0.388. The molecule has 0 spiro atoms. The summed E-state index contributed by atoms with van der Waals surface area (Å²) in [5.74, 6) is -1.83. The Kier molecular flexibility index (Phi) is 7.32. The van der Waals surface area contributed by atoms with Gasteiger partial charge in [0.25, 0.3) is 10.0 Å². The molecule has 0 radical (unpaired) electrons. The molecule has 34 heavy (non-hydrogen) atoms. The van der Waals surface area contributed by atoms with E-state index in [-0.39, 0.29) is 28.4 Å². The highest BCUT2D eigenvalue weighted by Gasteiger charge is 2.43. The van der Waals surface area contributed by atoms with Crippen molar-refractivity contribution in [1.82, 2.24) is 4.90 Å². The fraction of sp³-hybridized carbons (Fsp3) is 0.348. The van der Waals surface area contributed by atoms with Crippen LogP contribution in [0.25, 0.3) is 0 Å². The van der Waals surface area contributed by atoms with E-state index in [9.17, 15) is 26.8 Å². The molecule has 1 N–H and O–H groups in total. The van der Waals surface area contributed by atoms with Crippen molar-refractivity contribution in [3.05, 3.63) is 60.2 Å². The molecule has 2 fully saturated rings. The molecular weight excluding hydrogens is 484 g/mol. The van der Waals surface area contributed by atoms with Gasteiger partial charge < -0.3 is 5.32 Å². The number of thioether (sulfide) groups is 1. The Hall–Kier alpha value is -2.79. The fourth-order valence-electron chi connectivity index (χ4n) is 4.03. The quantitative estimate of drug-likeness (QED) is 0.629. The second-order valence-electron chi connectivity index (χ2n) is 8.17. The summed E-state index contributed by atoms with van der Waals surface area (Å²) in [7, 11) is -4.19. The van der Waals surface area contributed by atoms with Crippen LogP contribution in [0.5, 0.6) is 0 Å². The summed E-state index contributed by atoms with van der Waals surface area (Å²) in [5, 5.41) is 1.81. The summed E-state index contributed by atoms with van der Waals surface area (Å²) in [6, 6.07) is 9.34. The maximum absolute atomic E-state index is 13.3. The Morgan fingerprint density at radius 1 is 1.00 bits per heavy atom. The van der Waals surface area contributed by atoms with Crippen LogP contribution >= 0.6 is 11.8 Å². The Morgan fingerprint density at radius 3 is 2.21 bits per heavy atom. The Bertz CT molecular complexity index is 1200. The van der Waals surface area contributed by atoms with Crippen molar-refractivity contribution < 1.29 is 26.8 Å². The fourth-order valence-corrected chi connectivity index (χ4v) is 6.43. The number of carbonyl (C=O) groups excluding carboxylic acids is 2. The van der Waals surface area contributed by atoms with Crippen molar-refractivity contribution in [2.24, 2.45) is 4.40 Å². The predicted molar refractivity (Wildman–Crippen MR) is 126 cm³/mol. The van der Waals surface area contributed by atoms with Crippen LogP contribution < -0.4 is 5.32 Å². The molecule has 11 heteroatoms. The highest BCUT2D eigenvalue weighted by atomic mass is 32.2. The number of amides is 2. The second-order valence-corrected chi connectivity index (χ2v) is 10.9. The number of carbonyl (C=O) groups is 2. The molecule has 0 aromatic heterocycles. The molecule has 1 saturated carbocycles. The van der Waals surface area contributed by atoms with Crippen molar-refractivity contribution in [3.8, 4) is 0 Å². The molecular formula is C23H23F2N3O4S2. The van der Waals surface area contributed by atoms with Gasteiger partial charge in [0.15, 0.2) is 5.17 Å². The zero-order valence-electron chi connectivity index (χ0n) is 18.1. The highest BCUT2D eigenvalue weighted by molar-refractivity contribution is 8.16. The van der Waals surface area contributed by atoms with Crippen LogP contribution in [0.3, 0.4) is 0 Å². The normalized spacial score (nSPS) is 20.6. The zero-order chi connectivity index (χ0) is 24.3. The number of nitrogens with one attached hydrogen (secondary N) is 1. The van der Waals surface area contributed by atoms with Crippen molar-refractivity contribution in [2.75, 3.05) is 5.32 Å². The number of halogens is 2.